The average molecular weight is 391 g/mol. The maximum Gasteiger partial charge on any atom is 0.227 e. The van der Waals surface area contributed by atoms with Gasteiger partial charge in [-0.05, 0) is 54.8 Å². The molecule has 0 aliphatic carbocycles. The van der Waals surface area contributed by atoms with Crippen LogP contribution in [0.2, 0.25) is 0 Å². The number of hydrogen-bond acceptors (Lipinski definition) is 3. The number of aromatic amines is 1. The van der Waals surface area contributed by atoms with Crippen LogP contribution in [-0.4, -0.2) is 37.0 Å². The first-order chi connectivity index (χ1) is 14.0. The summed E-state index contributed by atoms with van der Waals surface area (Å²) in [6, 6.07) is 13.7. The van der Waals surface area contributed by atoms with Crippen LogP contribution in [0.1, 0.15) is 17.5 Å². The summed E-state index contributed by atoms with van der Waals surface area (Å²) < 4.78 is 5.30. The molecule has 2 heterocycles. The van der Waals surface area contributed by atoms with Crippen molar-refractivity contribution >= 4 is 28.4 Å². The molecule has 1 aromatic heterocycles. The lowest BCUT2D eigenvalue weighted by Gasteiger charge is -2.17. The summed E-state index contributed by atoms with van der Waals surface area (Å²) in [7, 11) is 1.65. The summed E-state index contributed by atoms with van der Waals surface area (Å²) in [6.45, 7) is 2.95. The fraction of sp³-hybridized carbons (Fsp3) is 0.304. The zero-order valence-corrected chi connectivity index (χ0v) is 16.7. The molecule has 0 radical (unpaired) electrons. The Labute approximate surface area is 169 Å². The zero-order valence-electron chi connectivity index (χ0n) is 16.7. The van der Waals surface area contributed by atoms with E-state index >= 15 is 0 Å². The molecule has 150 valence electrons. The molecule has 0 bridgehead atoms. The predicted octanol–water partition coefficient (Wildman–Crippen LogP) is 3.20. The second kappa shape index (κ2) is 7.99. The van der Waals surface area contributed by atoms with Crippen LogP contribution in [0.3, 0.4) is 0 Å². The van der Waals surface area contributed by atoms with Crippen LogP contribution in [0.5, 0.6) is 5.75 Å². The Morgan fingerprint density at radius 1 is 1.28 bits per heavy atom. The monoisotopic (exact) mass is 391 g/mol. The number of aromatic nitrogens is 1. The number of H-pyrrole nitrogens is 1. The molecule has 1 aliphatic rings. The van der Waals surface area contributed by atoms with Crippen molar-refractivity contribution in [2.24, 2.45) is 5.92 Å². The first-order valence-corrected chi connectivity index (χ1v) is 9.84. The molecule has 2 N–H and O–H groups in total. The predicted molar refractivity (Wildman–Crippen MR) is 113 cm³/mol. The highest BCUT2D eigenvalue weighted by atomic mass is 16.5. The fourth-order valence-electron chi connectivity index (χ4n) is 3.88. The Bertz CT molecular complexity index is 1060. The molecule has 1 saturated heterocycles. The van der Waals surface area contributed by atoms with Gasteiger partial charge in [-0.3, -0.25) is 9.59 Å². The number of aryl methyl sites for hydroxylation is 1. The largest absolute Gasteiger partial charge is 0.497 e. The van der Waals surface area contributed by atoms with E-state index < -0.39 is 0 Å². The number of nitrogens with one attached hydrogen (secondary N) is 2. The van der Waals surface area contributed by atoms with Gasteiger partial charge in [0.15, 0.2) is 0 Å². The minimum Gasteiger partial charge on any atom is -0.497 e. The number of amides is 2. The molecule has 4 rings (SSSR count). The second-order valence-electron chi connectivity index (χ2n) is 7.51. The third-order valence-electron chi connectivity index (χ3n) is 5.48. The highest BCUT2D eigenvalue weighted by molar-refractivity contribution is 6.00. The zero-order chi connectivity index (χ0) is 20.4. The smallest absolute Gasteiger partial charge is 0.227 e. The summed E-state index contributed by atoms with van der Waals surface area (Å²) in [5, 5.41) is 4.09. The summed E-state index contributed by atoms with van der Waals surface area (Å²) in [6.07, 6.45) is 2.93. The number of carbonyl (C=O) groups excluding carboxylic acids is 2. The van der Waals surface area contributed by atoms with Crippen LogP contribution in [0.25, 0.3) is 10.9 Å². The van der Waals surface area contributed by atoms with Gasteiger partial charge in [-0.1, -0.05) is 12.1 Å². The molecule has 1 atom stereocenters. The first-order valence-electron chi connectivity index (χ1n) is 9.84. The van der Waals surface area contributed by atoms with E-state index in [0.29, 0.717) is 19.5 Å². The molecule has 1 unspecified atom stereocenters. The van der Waals surface area contributed by atoms with Gasteiger partial charge < -0.3 is 19.9 Å². The fourth-order valence-corrected chi connectivity index (χ4v) is 3.88. The highest BCUT2D eigenvalue weighted by Gasteiger charge is 2.34. The number of fused-ring (bicyclic) bond motifs is 1. The Kier molecular flexibility index (Phi) is 5.25. The van der Waals surface area contributed by atoms with Gasteiger partial charge in [0.05, 0.1) is 13.0 Å². The second-order valence-corrected chi connectivity index (χ2v) is 7.51. The Morgan fingerprint density at radius 3 is 2.93 bits per heavy atom. The topological polar surface area (TPSA) is 74.4 Å². The third kappa shape index (κ3) is 3.97. The Balaban J connectivity index is 1.35. The molecule has 1 fully saturated rings. The van der Waals surface area contributed by atoms with Gasteiger partial charge in [-0.2, -0.15) is 0 Å². The lowest BCUT2D eigenvalue weighted by molar-refractivity contribution is -0.126. The van der Waals surface area contributed by atoms with E-state index in [1.54, 1.807) is 12.0 Å². The van der Waals surface area contributed by atoms with Gasteiger partial charge in [-0.15, -0.1) is 0 Å². The third-order valence-corrected chi connectivity index (χ3v) is 5.48. The van der Waals surface area contributed by atoms with Gasteiger partial charge in [0.2, 0.25) is 11.8 Å². The number of rotatable bonds is 6. The number of ether oxygens (including phenoxy) is 1. The van der Waals surface area contributed by atoms with Crippen molar-refractivity contribution in [3.05, 3.63) is 59.8 Å². The minimum absolute atomic E-state index is 0.000487. The molecule has 6 nitrogen and oxygen atoms in total. The van der Waals surface area contributed by atoms with Gasteiger partial charge in [-0.25, -0.2) is 0 Å². The number of methoxy groups -OCH3 is 1. The molecule has 29 heavy (non-hydrogen) atoms. The van der Waals surface area contributed by atoms with E-state index in [9.17, 15) is 9.59 Å². The summed E-state index contributed by atoms with van der Waals surface area (Å²) in [4.78, 5) is 30.0. The molecule has 0 spiro atoms. The van der Waals surface area contributed by atoms with Crippen LogP contribution in [0, 0.1) is 12.8 Å². The molecule has 2 aromatic carbocycles. The molecule has 2 amide bonds. The van der Waals surface area contributed by atoms with Crippen LogP contribution in [0.4, 0.5) is 5.69 Å². The van der Waals surface area contributed by atoms with Gasteiger partial charge in [0, 0.05) is 42.3 Å². The van der Waals surface area contributed by atoms with E-state index in [0.717, 1.165) is 33.5 Å². The molecule has 0 saturated carbocycles. The Hall–Kier alpha value is -3.28. The summed E-state index contributed by atoms with van der Waals surface area (Å²) in [5.41, 5.74) is 4.13. The number of hydrogen-bond donors (Lipinski definition) is 2. The molecular formula is C23H25N3O3. The number of anilines is 1. The van der Waals surface area contributed by atoms with Crippen molar-refractivity contribution in [3.63, 3.8) is 0 Å². The van der Waals surface area contributed by atoms with Crippen molar-refractivity contribution in [2.45, 2.75) is 19.8 Å². The van der Waals surface area contributed by atoms with Crippen molar-refractivity contribution in [2.75, 3.05) is 25.1 Å². The van der Waals surface area contributed by atoms with Gasteiger partial charge in [0.1, 0.15) is 5.75 Å². The quantitative estimate of drug-likeness (QED) is 0.678. The van der Waals surface area contributed by atoms with Gasteiger partial charge in [0.25, 0.3) is 0 Å². The Morgan fingerprint density at radius 2 is 2.14 bits per heavy atom. The van der Waals surface area contributed by atoms with Crippen molar-refractivity contribution in [3.8, 4) is 5.75 Å². The van der Waals surface area contributed by atoms with Crippen LogP contribution < -0.4 is 15.0 Å². The molecule has 3 aromatic rings. The van der Waals surface area contributed by atoms with E-state index in [-0.39, 0.29) is 24.2 Å². The highest BCUT2D eigenvalue weighted by Crippen LogP contribution is 2.26. The average Bonchev–Trinajstić information content (AvgIpc) is 3.31. The molecule has 1 aliphatic heterocycles. The number of carbonyl (C=O) groups is 2. The van der Waals surface area contributed by atoms with E-state index in [1.165, 1.54) is 0 Å². The normalized spacial score (nSPS) is 16.4. The number of nitrogens with zero attached hydrogens (tertiary/aromatic N) is 1. The lowest BCUT2D eigenvalue weighted by atomic mass is 10.1. The first kappa shape index (κ1) is 19.1. The van der Waals surface area contributed by atoms with E-state index in [2.05, 4.69) is 10.3 Å². The number of benzene rings is 2. The van der Waals surface area contributed by atoms with E-state index in [1.807, 2.05) is 55.6 Å². The van der Waals surface area contributed by atoms with Crippen molar-refractivity contribution < 1.29 is 14.3 Å². The van der Waals surface area contributed by atoms with Crippen molar-refractivity contribution in [1.82, 2.24) is 10.3 Å². The van der Waals surface area contributed by atoms with Gasteiger partial charge >= 0.3 is 0 Å². The maximum absolute atomic E-state index is 12.6. The van der Waals surface area contributed by atoms with Crippen LogP contribution in [0.15, 0.2) is 48.7 Å². The minimum atomic E-state index is -0.314. The van der Waals surface area contributed by atoms with Crippen LogP contribution >= 0.6 is 0 Å². The lowest BCUT2D eigenvalue weighted by Crippen LogP contribution is -2.34. The van der Waals surface area contributed by atoms with Crippen molar-refractivity contribution in [1.29, 1.82) is 0 Å². The molecule has 6 heteroatoms. The molecular weight excluding hydrogens is 366 g/mol. The maximum atomic E-state index is 12.6. The SMILES string of the molecule is COc1ccc2[nH]cc(CCNC(=O)C3CC(=O)N(c4cccc(C)c4)C3)c2c1. The van der Waals surface area contributed by atoms with Crippen LogP contribution in [-0.2, 0) is 16.0 Å². The standard InChI is InChI=1S/C23H25N3O3/c1-15-4-3-5-18(10-15)26-14-17(11-22(26)27)23(28)24-9-8-16-13-25-21-7-6-19(29-2)12-20(16)21/h3-7,10,12-13,17,25H,8-9,11,14H2,1-2H3,(H,24,28). The summed E-state index contributed by atoms with van der Waals surface area (Å²) >= 11 is 0. The van der Waals surface area contributed by atoms with E-state index in [4.69, 9.17) is 4.74 Å². The summed E-state index contributed by atoms with van der Waals surface area (Å²) in [5.74, 6) is 0.430.